The average molecular weight is 696 g/mol. The number of aliphatic hydroxyl groups is 1. The zero-order valence-corrected chi connectivity index (χ0v) is 29.2. The molecule has 2 N–H and O–H groups in total. The standard InChI is InChI=1S/C36H57NO12/c1-3-9-37-10-8-35-32-28-4-5-29(38)33(32)49-34(35)30(6-7-36(35,39)31(37)27-28)48-26-25-47-24-23-46-22-21-45-20-19-44-18-17-43-16-15-42-14-13-41-12-11-40-2/h3-5,30-31,34,38-39H,1,6-27H2,2H3/t30-,31+,34-,35-,36+/m0/s1. The first-order chi connectivity index (χ1) is 24.1. The summed E-state index contributed by atoms with van der Waals surface area (Å²) in [5, 5.41) is 23.2. The van der Waals surface area contributed by atoms with Crippen molar-refractivity contribution in [3.8, 4) is 11.5 Å². The Labute approximate surface area is 290 Å². The summed E-state index contributed by atoms with van der Waals surface area (Å²) < 4.78 is 56.4. The van der Waals surface area contributed by atoms with Crippen LogP contribution in [0.1, 0.15) is 30.4 Å². The Morgan fingerprint density at radius 3 is 1.86 bits per heavy atom. The van der Waals surface area contributed by atoms with Gasteiger partial charge in [0.2, 0.25) is 0 Å². The summed E-state index contributed by atoms with van der Waals surface area (Å²) in [6, 6.07) is 3.69. The minimum atomic E-state index is -0.957. The molecule has 1 spiro atoms. The van der Waals surface area contributed by atoms with Crippen molar-refractivity contribution in [3.63, 3.8) is 0 Å². The third-order valence-electron chi connectivity index (χ3n) is 10.1. The molecule has 5 rings (SSSR count). The molecule has 2 fully saturated rings. The van der Waals surface area contributed by atoms with Crippen LogP contribution < -0.4 is 4.74 Å². The molecule has 5 atom stereocenters. The Morgan fingerprint density at radius 1 is 0.796 bits per heavy atom. The van der Waals surface area contributed by atoms with Crippen molar-refractivity contribution in [1.29, 1.82) is 0 Å². The topological polar surface area (TPSA) is 136 Å². The summed E-state index contributed by atoms with van der Waals surface area (Å²) in [6.45, 7) is 13.5. The molecule has 49 heavy (non-hydrogen) atoms. The first kappa shape index (κ1) is 38.4. The molecule has 2 aliphatic heterocycles. The highest BCUT2D eigenvalue weighted by Crippen LogP contribution is 2.65. The first-order valence-corrected chi connectivity index (χ1v) is 17.8. The van der Waals surface area contributed by atoms with Crippen LogP contribution in [0.4, 0.5) is 0 Å². The van der Waals surface area contributed by atoms with E-state index in [-0.39, 0.29) is 24.0 Å². The maximum Gasteiger partial charge on any atom is 0.165 e. The van der Waals surface area contributed by atoms with Gasteiger partial charge in [0.15, 0.2) is 11.5 Å². The van der Waals surface area contributed by atoms with Gasteiger partial charge in [0.05, 0.1) is 123 Å². The Hall–Kier alpha value is -1.88. The van der Waals surface area contributed by atoms with Crippen molar-refractivity contribution >= 4 is 0 Å². The lowest BCUT2D eigenvalue weighted by Gasteiger charge is -2.64. The molecule has 0 amide bonds. The smallest absolute Gasteiger partial charge is 0.165 e. The van der Waals surface area contributed by atoms with E-state index in [0.717, 1.165) is 37.1 Å². The van der Waals surface area contributed by atoms with Gasteiger partial charge in [-0.3, -0.25) is 4.90 Å². The highest BCUT2D eigenvalue weighted by Gasteiger charge is 2.73. The Balaban J connectivity index is 0.879. The van der Waals surface area contributed by atoms with E-state index in [0.29, 0.717) is 124 Å². The van der Waals surface area contributed by atoms with E-state index < -0.39 is 11.0 Å². The zero-order chi connectivity index (χ0) is 34.4. The maximum absolute atomic E-state index is 12.4. The van der Waals surface area contributed by atoms with Gasteiger partial charge in [0.25, 0.3) is 0 Å². The number of piperidine rings is 1. The number of hydrogen-bond acceptors (Lipinski definition) is 13. The lowest BCUT2D eigenvalue weighted by Crippen LogP contribution is -2.77. The van der Waals surface area contributed by atoms with Gasteiger partial charge in [-0.1, -0.05) is 12.1 Å². The van der Waals surface area contributed by atoms with Crippen molar-refractivity contribution in [1.82, 2.24) is 4.90 Å². The molecule has 1 saturated carbocycles. The van der Waals surface area contributed by atoms with E-state index >= 15 is 0 Å². The van der Waals surface area contributed by atoms with Crippen LogP contribution in [0.2, 0.25) is 0 Å². The molecule has 1 saturated heterocycles. The first-order valence-electron chi connectivity index (χ1n) is 17.8. The quantitative estimate of drug-likeness (QED) is 0.103. The molecule has 4 aliphatic rings. The molecule has 0 radical (unpaired) electrons. The van der Waals surface area contributed by atoms with Crippen molar-refractivity contribution in [2.24, 2.45) is 0 Å². The van der Waals surface area contributed by atoms with Gasteiger partial charge in [-0.25, -0.2) is 0 Å². The highest BCUT2D eigenvalue weighted by molar-refractivity contribution is 5.62. The molecular formula is C36H57NO12. The molecule has 0 unspecified atom stereocenters. The molecule has 278 valence electrons. The predicted molar refractivity (Wildman–Crippen MR) is 180 cm³/mol. The minimum absolute atomic E-state index is 0.0265. The van der Waals surface area contributed by atoms with E-state index in [1.54, 1.807) is 13.2 Å². The summed E-state index contributed by atoms with van der Waals surface area (Å²) in [5.41, 5.74) is 0.582. The predicted octanol–water partition coefficient (Wildman–Crippen LogP) is 1.88. The SMILES string of the molecule is C=CCN1CC[C@]23c4c5ccc(O)c4O[C@H]2[C@@H](OCCOCCOCCOCCOCCOCCOCCOCCOC)CC[C@@]3(O)[C@H]1C5. The van der Waals surface area contributed by atoms with E-state index in [9.17, 15) is 10.2 Å². The van der Waals surface area contributed by atoms with Gasteiger partial charge in [-0.05, 0) is 43.9 Å². The summed E-state index contributed by atoms with van der Waals surface area (Å²) >= 11 is 0. The monoisotopic (exact) mass is 695 g/mol. The number of nitrogens with zero attached hydrogens (tertiary/aromatic N) is 1. The summed E-state index contributed by atoms with van der Waals surface area (Å²) in [6.07, 6.45) is 4.11. The Bertz CT molecular complexity index is 1140. The van der Waals surface area contributed by atoms with Crippen molar-refractivity contribution < 1.29 is 57.6 Å². The molecule has 13 nitrogen and oxygen atoms in total. The van der Waals surface area contributed by atoms with Gasteiger partial charge >= 0.3 is 0 Å². The number of phenols is 1. The van der Waals surface area contributed by atoms with Gasteiger partial charge in [0.1, 0.15) is 6.10 Å². The number of methoxy groups -OCH3 is 1. The fraction of sp³-hybridized carbons (Fsp3) is 0.778. The fourth-order valence-corrected chi connectivity index (χ4v) is 7.96. The van der Waals surface area contributed by atoms with Gasteiger partial charge < -0.3 is 57.6 Å². The highest BCUT2D eigenvalue weighted by atomic mass is 16.6. The minimum Gasteiger partial charge on any atom is -0.504 e. The van der Waals surface area contributed by atoms with E-state index in [2.05, 4.69) is 11.5 Å². The molecule has 2 aliphatic carbocycles. The normalized spacial score (nSPS) is 26.9. The van der Waals surface area contributed by atoms with Gasteiger partial charge in [0, 0.05) is 25.3 Å². The molecular weight excluding hydrogens is 638 g/mol. The second-order valence-electron chi connectivity index (χ2n) is 12.9. The summed E-state index contributed by atoms with van der Waals surface area (Å²) in [4.78, 5) is 2.35. The van der Waals surface area contributed by atoms with Crippen molar-refractivity contribution in [3.05, 3.63) is 35.9 Å². The Kier molecular flexibility index (Phi) is 15.4. The lowest BCUT2D eigenvalue weighted by molar-refractivity contribution is -0.215. The fourth-order valence-electron chi connectivity index (χ4n) is 7.96. The second kappa shape index (κ2) is 19.7. The van der Waals surface area contributed by atoms with Crippen LogP contribution in [-0.2, 0) is 54.5 Å². The molecule has 2 bridgehead atoms. The van der Waals surface area contributed by atoms with E-state index in [4.69, 9.17) is 47.4 Å². The zero-order valence-electron chi connectivity index (χ0n) is 29.2. The molecule has 2 heterocycles. The van der Waals surface area contributed by atoms with Crippen molar-refractivity contribution in [2.75, 3.05) is 126 Å². The number of ether oxygens (including phenoxy) is 10. The third kappa shape index (κ3) is 9.14. The number of benzene rings is 1. The van der Waals surface area contributed by atoms with Crippen LogP contribution in [0.5, 0.6) is 11.5 Å². The third-order valence-corrected chi connectivity index (χ3v) is 10.1. The van der Waals surface area contributed by atoms with Crippen molar-refractivity contribution in [2.45, 2.75) is 54.9 Å². The summed E-state index contributed by atoms with van der Waals surface area (Å²) in [5.74, 6) is 0.657. The molecule has 1 aromatic rings. The van der Waals surface area contributed by atoms with Crippen LogP contribution in [0, 0.1) is 0 Å². The average Bonchev–Trinajstić information content (AvgIpc) is 3.46. The number of aromatic hydroxyl groups is 1. The molecule has 13 heteroatoms. The van der Waals surface area contributed by atoms with Crippen LogP contribution >= 0.6 is 0 Å². The van der Waals surface area contributed by atoms with Gasteiger partial charge in [-0.15, -0.1) is 6.58 Å². The largest absolute Gasteiger partial charge is 0.504 e. The van der Waals surface area contributed by atoms with Crippen LogP contribution in [-0.4, -0.2) is 165 Å². The molecule has 1 aromatic carbocycles. The number of hydrogen-bond donors (Lipinski definition) is 2. The number of phenolic OH excluding ortho intramolecular Hbond substituents is 1. The summed E-state index contributed by atoms with van der Waals surface area (Å²) in [7, 11) is 1.65. The van der Waals surface area contributed by atoms with Crippen LogP contribution in [0.25, 0.3) is 0 Å². The van der Waals surface area contributed by atoms with E-state index in [1.807, 2.05) is 12.1 Å². The van der Waals surface area contributed by atoms with Gasteiger partial charge in [-0.2, -0.15) is 0 Å². The van der Waals surface area contributed by atoms with Crippen LogP contribution in [0.3, 0.4) is 0 Å². The Morgan fingerprint density at radius 2 is 1.33 bits per heavy atom. The molecule has 0 aromatic heterocycles. The number of likely N-dealkylation sites (tertiary alicyclic amines) is 1. The van der Waals surface area contributed by atoms with E-state index in [1.165, 1.54) is 0 Å². The second-order valence-corrected chi connectivity index (χ2v) is 12.9. The lowest BCUT2D eigenvalue weighted by atomic mass is 9.48. The number of rotatable bonds is 27. The maximum atomic E-state index is 12.4. The van der Waals surface area contributed by atoms with Crippen LogP contribution in [0.15, 0.2) is 24.8 Å².